The zero-order chi connectivity index (χ0) is 20.8. The molecule has 29 heavy (non-hydrogen) atoms. The minimum atomic E-state index is -4.45. The van der Waals surface area contributed by atoms with Crippen molar-refractivity contribution >= 4 is 45.0 Å². The fourth-order valence-corrected chi connectivity index (χ4v) is 5.29. The summed E-state index contributed by atoms with van der Waals surface area (Å²) in [4.78, 5) is 31.6. The number of fused-ring (bicyclic) bond motifs is 1. The van der Waals surface area contributed by atoms with Gasteiger partial charge in [-0.15, -0.1) is 11.3 Å². The maximum absolute atomic E-state index is 12.7. The quantitative estimate of drug-likeness (QED) is 0.715. The molecular formula is C19H19ClF3N3O2S. The van der Waals surface area contributed by atoms with Crippen molar-refractivity contribution in [3.05, 3.63) is 28.2 Å². The van der Waals surface area contributed by atoms with Crippen molar-refractivity contribution in [2.45, 2.75) is 31.4 Å². The van der Waals surface area contributed by atoms with Crippen LogP contribution in [0.15, 0.2) is 18.2 Å². The molecule has 2 fully saturated rings. The summed E-state index contributed by atoms with van der Waals surface area (Å²) in [6.45, 7) is -0.413. The first kappa shape index (κ1) is 20.4. The van der Waals surface area contributed by atoms with Gasteiger partial charge in [-0.1, -0.05) is 11.6 Å². The second-order valence-corrected chi connectivity index (χ2v) is 9.05. The SMILES string of the molecule is O=C1CC(C(=O)N2CCC(c3nc4cc(Cl)ccc4s3)CC2)CN1CC(F)(F)F. The Balaban J connectivity index is 1.35. The van der Waals surface area contributed by atoms with Crippen LogP contribution in [-0.4, -0.2) is 59.0 Å². The lowest BCUT2D eigenvalue weighted by molar-refractivity contribution is -0.157. The molecule has 0 saturated carbocycles. The molecule has 0 spiro atoms. The van der Waals surface area contributed by atoms with Crippen LogP contribution in [-0.2, 0) is 9.59 Å². The lowest BCUT2D eigenvalue weighted by Crippen LogP contribution is -2.42. The third kappa shape index (κ3) is 4.50. The van der Waals surface area contributed by atoms with Crippen molar-refractivity contribution in [2.24, 2.45) is 5.92 Å². The van der Waals surface area contributed by atoms with Gasteiger partial charge in [-0.05, 0) is 31.0 Å². The van der Waals surface area contributed by atoms with Crippen molar-refractivity contribution in [3.8, 4) is 0 Å². The summed E-state index contributed by atoms with van der Waals surface area (Å²) in [5.74, 6) is -1.28. The highest BCUT2D eigenvalue weighted by atomic mass is 35.5. The number of benzene rings is 1. The van der Waals surface area contributed by atoms with E-state index in [0.29, 0.717) is 18.1 Å². The first-order valence-electron chi connectivity index (χ1n) is 9.39. The third-order valence-corrected chi connectivity index (χ3v) is 6.89. The summed E-state index contributed by atoms with van der Waals surface area (Å²) in [6, 6.07) is 5.61. The van der Waals surface area contributed by atoms with Gasteiger partial charge in [-0.25, -0.2) is 4.98 Å². The molecule has 10 heteroatoms. The Kier molecular flexibility index (Phi) is 5.46. The number of halogens is 4. The first-order chi connectivity index (χ1) is 13.7. The largest absolute Gasteiger partial charge is 0.406 e. The van der Waals surface area contributed by atoms with E-state index in [9.17, 15) is 22.8 Å². The van der Waals surface area contributed by atoms with Crippen molar-refractivity contribution in [2.75, 3.05) is 26.2 Å². The maximum atomic E-state index is 12.7. The van der Waals surface area contributed by atoms with Gasteiger partial charge in [0.2, 0.25) is 11.8 Å². The number of carbonyl (C=O) groups excluding carboxylic acids is 2. The average molecular weight is 446 g/mol. The van der Waals surface area contributed by atoms with E-state index < -0.39 is 24.5 Å². The van der Waals surface area contributed by atoms with Crippen LogP contribution in [0.25, 0.3) is 10.2 Å². The molecule has 3 heterocycles. The van der Waals surface area contributed by atoms with Gasteiger partial charge in [0.25, 0.3) is 0 Å². The molecule has 2 aliphatic rings. The zero-order valence-corrected chi connectivity index (χ0v) is 17.0. The minimum Gasteiger partial charge on any atom is -0.342 e. The molecule has 0 radical (unpaired) electrons. The normalized spacial score (nSPS) is 21.4. The second kappa shape index (κ2) is 7.75. The monoisotopic (exact) mass is 445 g/mol. The molecule has 1 aromatic carbocycles. The van der Waals surface area contributed by atoms with E-state index in [1.54, 1.807) is 16.2 Å². The molecule has 0 N–H and O–H groups in total. The number of nitrogens with zero attached hydrogens (tertiary/aromatic N) is 3. The Bertz CT molecular complexity index is 940. The number of hydrogen-bond acceptors (Lipinski definition) is 4. The maximum Gasteiger partial charge on any atom is 0.406 e. The predicted molar refractivity (Wildman–Crippen MR) is 104 cm³/mol. The Morgan fingerprint density at radius 2 is 2.00 bits per heavy atom. The molecule has 5 nitrogen and oxygen atoms in total. The number of aromatic nitrogens is 1. The number of amides is 2. The van der Waals surface area contributed by atoms with Crippen LogP contribution < -0.4 is 0 Å². The Labute approximate surface area is 174 Å². The summed E-state index contributed by atoms with van der Waals surface area (Å²) in [5, 5.41) is 1.65. The zero-order valence-electron chi connectivity index (χ0n) is 15.4. The third-order valence-electron chi connectivity index (χ3n) is 5.46. The number of likely N-dealkylation sites (tertiary alicyclic amines) is 2. The molecule has 0 aliphatic carbocycles. The van der Waals surface area contributed by atoms with E-state index in [1.807, 2.05) is 18.2 Å². The van der Waals surface area contributed by atoms with Gasteiger partial charge in [0.15, 0.2) is 0 Å². The fourth-order valence-electron chi connectivity index (χ4n) is 4.00. The van der Waals surface area contributed by atoms with Crippen LogP contribution in [0.4, 0.5) is 13.2 Å². The van der Waals surface area contributed by atoms with E-state index >= 15 is 0 Å². The Morgan fingerprint density at radius 1 is 1.28 bits per heavy atom. The van der Waals surface area contributed by atoms with E-state index in [2.05, 4.69) is 4.98 Å². The van der Waals surface area contributed by atoms with Gasteiger partial charge in [-0.3, -0.25) is 9.59 Å². The number of piperidine rings is 1. The number of carbonyl (C=O) groups is 2. The van der Waals surface area contributed by atoms with Crippen LogP contribution in [0.5, 0.6) is 0 Å². The molecule has 1 aromatic heterocycles. The Hall–Kier alpha value is -1.87. The van der Waals surface area contributed by atoms with E-state index in [1.165, 1.54) is 0 Å². The molecule has 2 saturated heterocycles. The molecule has 156 valence electrons. The highest BCUT2D eigenvalue weighted by Crippen LogP contribution is 2.35. The van der Waals surface area contributed by atoms with Gasteiger partial charge in [0, 0.05) is 37.0 Å². The fraction of sp³-hybridized carbons (Fsp3) is 0.526. The highest BCUT2D eigenvalue weighted by molar-refractivity contribution is 7.18. The Morgan fingerprint density at radius 3 is 2.69 bits per heavy atom. The summed E-state index contributed by atoms with van der Waals surface area (Å²) in [7, 11) is 0. The summed E-state index contributed by atoms with van der Waals surface area (Å²) in [6.07, 6.45) is -3.11. The van der Waals surface area contributed by atoms with Crippen LogP contribution in [0, 0.1) is 5.92 Å². The second-order valence-electron chi connectivity index (χ2n) is 7.55. The average Bonchev–Trinajstić information content (AvgIpc) is 3.23. The van der Waals surface area contributed by atoms with Crippen molar-refractivity contribution in [3.63, 3.8) is 0 Å². The number of thiazole rings is 1. The van der Waals surface area contributed by atoms with Crippen LogP contribution in [0.3, 0.4) is 0 Å². The molecule has 2 aromatic rings. The molecule has 4 rings (SSSR count). The topological polar surface area (TPSA) is 53.5 Å². The van der Waals surface area contributed by atoms with Gasteiger partial charge in [-0.2, -0.15) is 13.2 Å². The molecule has 2 aliphatic heterocycles. The van der Waals surface area contributed by atoms with Gasteiger partial charge < -0.3 is 9.80 Å². The summed E-state index contributed by atoms with van der Waals surface area (Å²) < 4.78 is 38.8. The molecule has 2 amide bonds. The lowest BCUT2D eigenvalue weighted by atomic mass is 9.96. The summed E-state index contributed by atoms with van der Waals surface area (Å²) in [5.41, 5.74) is 0.866. The molecular weight excluding hydrogens is 427 g/mol. The molecule has 1 atom stereocenters. The van der Waals surface area contributed by atoms with Gasteiger partial charge in [0.1, 0.15) is 6.54 Å². The van der Waals surface area contributed by atoms with E-state index in [0.717, 1.165) is 33.0 Å². The van der Waals surface area contributed by atoms with Crippen LogP contribution in [0.1, 0.15) is 30.2 Å². The summed E-state index contributed by atoms with van der Waals surface area (Å²) >= 11 is 7.64. The van der Waals surface area contributed by atoms with Crippen molar-refractivity contribution in [1.29, 1.82) is 0 Å². The van der Waals surface area contributed by atoms with Crippen LogP contribution >= 0.6 is 22.9 Å². The number of rotatable bonds is 3. The van der Waals surface area contributed by atoms with E-state index in [4.69, 9.17) is 11.6 Å². The predicted octanol–water partition coefficient (Wildman–Crippen LogP) is 4.07. The van der Waals surface area contributed by atoms with Crippen LogP contribution in [0.2, 0.25) is 5.02 Å². The standard InChI is InChI=1S/C19H19ClF3N3O2S/c20-13-1-2-15-14(8-13)24-17(29-15)11-3-5-25(6-4-11)18(28)12-7-16(27)26(9-12)10-19(21,22)23/h1-2,8,11-12H,3-7,9-10H2. The smallest absolute Gasteiger partial charge is 0.342 e. The molecule has 1 unspecified atom stereocenters. The minimum absolute atomic E-state index is 0.145. The van der Waals surface area contributed by atoms with Gasteiger partial charge >= 0.3 is 6.18 Å². The van der Waals surface area contributed by atoms with Gasteiger partial charge in [0.05, 0.1) is 21.1 Å². The number of hydrogen-bond donors (Lipinski definition) is 0. The van der Waals surface area contributed by atoms with E-state index in [-0.39, 0.29) is 24.8 Å². The van der Waals surface area contributed by atoms with Crippen molar-refractivity contribution < 1.29 is 22.8 Å². The lowest BCUT2D eigenvalue weighted by Gasteiger charge is -2.32. The molecule has 0 bridgehead atoms. The highest BCUT2D eigenvalue weighted by Gasteiger charge is 2.42. The number of alkyl halides is 3. The first-order valence-corrected chi connectivity index (χ1v) is 10.6. The van der Waals surface area contributed by atoms with Crippen molar-refractivity contribution in [1.82, 2.24) is 14.8 Å².